The van der Waals surface area contributed by atoms with Gasteiger partial charge in [-0.25, -0.2) is 13.4 Å². The van der Waals surface area contributed by atoms with E-state index in [-0.39, 0.29) is 4.90 Å². The van der Waals surface area contributed by atoms with Crippen LogP contribution < -0.4 is 0 Å². The number of hydrogen-bond acceptors (Lipinski definition) is 4. The number of pyridine rings is 1. The van der Waals surface area contributed by atoms with Crippen LogP contribution in [0, 0.1) is 0 Å². The molecule has 0 unspecified atom stereocenters. The van der Waals surface area contributed by atoms with E-state index >= 15 is 0 Å². The highest BCUT2D eigenvalue weighted by atomic mass is 35.5. The van der Waals surface area contributed by atoms with Crippen LogP contribution in [0.25, 0.3) is 0 Å². The molecule has 0 atom stereocenters. The summed E-state index contributed by atoms with van der Waals surface area (Å²) >= 11 is 7.68. The van der Waals surface area contributed by atoms with Crippen LogP contribution in [0.2, 0.25) is 5.02 Å². The van der Waals surface area contributed by atoms with Gasteiger partial charge in [-0.3, -0.25) is 0 Å². The van der Waals surface area contributed by atoms with Gasteiger partial charge in [0.15, 0.2) is 0 Å². The number of sulfonamides is 1. The van der Waals surface area contributed by atoms with Crippen molar-refractivity contribution in [2.24, 2.45) is 0 Å². The van der Waals surface area contributed by atoms with E-state index in [9.17, 15) is 8.42 Å². The van der Waals surface area contributed by atoms with Crippen LogP contribution in [0.5, 0.6) is 0 Å². The maximum absolute atomic E-state index is 12.6. The van der Waals surface area contributed by atoms with Crippen molar-refractivity contribution < 1.29 is 8.42 Å². The summed E-state index contributed by atoms with van der Waals surface area (Å²) in [5, 5.41) is 1.52. The molecule has 128 valence electrons. The summed E-state index contributed by atoms with van der Waals surface area (Å²) in [6, 6.07) is 11.1. The van der Waals surface area contributed by atoms with Gasteiger partial charge in [0.2, 0.25) is 10.0 Å². The Balaban J connectivity index is 1.68. The first-order chi connectivity index (χ1) is 11.6. The summed E-state index contributed by atoms with van der Waals surface area (Å²) in [6.45, 7) is 1.21. The van der Waals surface area contributed by atoms with Crippen molar-refractivity contribution in [2.75, 3.05) is 13.1 Å². The topological polar surface area (TPSA) is 50.3 Å². The summed E-state index contributed by atoms with van der Waals surface area (Å²) < 4.78 is 26.7. The Morgan fingerprint density at radius 1 is 1.08 bits per heavy atom. The van der Waals surface area contributed by atoms with Crippen molar-refractivity contribution in [3.05, 3.63) is 53.2 Å². The Morgan fingerprint density at radius 2 is 1.83 bits per heavy atom. The molecule has 0 aliphatic carbocycles. The van der Waals surface area contributed by atoms with E-state index < -0.39 is 10.0 Å². The van der Waals surface area contributed by atoms with E-state index in [1.54, 1.807) is 16.4 Å². The van der Waals surface area contributed by atoms with Gasteiger partial charge < -0.3 is 0 Å². The first-order valence-corrected chi connectivity index (χ1v) is 10.7. The van der Waals surface area contributed by atoms with E-state index in [0.717, 1.165) is 34.9 Å². The number of piperidine rings is 1. The Morgan fingerprint density at radius 3 is 2.50 bits per heavy atom. The van der Waals surface area contributed by atoms with Crippen LogP contribution >= 0.6 is 23.4 Å². The summed E-state index contributed by atoms with van der Waals surface area (Å²) in [4.78, 5) is 4.57. The van der Waals surface area contributed by atoms with Gasteiger partial charge in [-0.2, -0.15) is 4.31 Å². The monoisotopic (exact) mass is 382 g/mol. The molecule has 1 aromatic carbocycles. The third kappa shape index (κ3) is 4.11. The van der Waals surface area contributed by atoms with Crippen molar-refractivity contribution in [3.8, 4) is 0 Å². The maximum atomic E-state index is 12.6. The van der Waals surface area contributed by atoms with Gasteiger partial charge in [-0.05, 0) is 36.6 Å². The fraction of sp³-hybridized carbons (Fsp3) is 0.353. The summed E-state index contributed by atoms with van der Waals surface area (Å²) in [7, 11) is -3.41. The molecular formula is C17H19ClN2O2S2. The summed E-state index contributed by atoms with van der Waals surface area (Å²) in [5.41, 5.74) is 1.04. The smallest absolute Gasteiger partial charge is 0.244 e. The Bertz CT molecular complexity index is 788. The van der Waals surface area contributed by atoms with E-state index in [2.05, 4.69) is 4.98 Å². The minimum atomic E-state index is -3.41. The fourth-order valence-corrected chi connectivity index (χ4v) is 5.22. The molecule has 24 heavy (non-hydrogen) atoms. The second-order valence-corrected chi connectivity index (χ2v) is 9.02. The molecule has 1 aliphatic heterocycles. The number of hydrogen-bond donors (Lipinski definition) is 0. The van der Waals surface area contributed by atoms with Crippen LogP contribution in [0.15, 0.2) is 52.5 Å². The normalized spacial score (nSPS) is 16.2. The molecule has 1 aromatic heterocycles. The number of halogens is 1. The number of thioether (sulfide) groups is 1. The third-order valence-corrected chi connectivity index (χ3v) is 7.24. The van der Waals surface area contributed by atoms with Gasteiger partial charge >= 0.3 is 0 Å². The van der Waals surface area contributed by atoms with Crippen molar-refractivity contribution in [2.45, 2.75) is 34.9 Å². The average Bonchev–Trinajstić information content (AvgIpc) is 2.62. The Kier molecular flexibility index (Phi) is 5.81. The molecule has 3 rings (SSSR count). The lowest BCUT2D eigenvalue weighted by molar-refractivity contribution is 0.346. The minimum absolute atomic E-state index is 0.270. The molecule has 0 saturated carbocycles. The molecular weight excluding hydrogens is 364 g/mol. The molecule has 0 amide bonds. The zero-order chi connectivity index (χ0) is 17.0. The predicted molar refractivity (Wildman–Crippen MR) is 97.9 cm³/mol. The summed E-state index contributed by atoms with van der Waals surface area (Å²) in [6.07, 6.45) is 4.41. The molecule has 0 bridgehead atoms. The molecule has 7 heteroatoms. The maximum Gasteiger partial charge on any atom is 0.244 e. The molecule has 1 fully saturated rings. The number of rotatable bonds is 5. The van der Waals surface area contributed by atoms with E-state index in [1.807, 2.05) is 24.3 Å². The van der Waals surface area contributed by atoms with Crippen LogP contribution in [0.1, 0.15) is 24.8 Å². The van der Waals surface area contributed by atoms with E-state index in [1.165, 1.54) is 18.0 Å². The Labute approximate surface area is 152 Å². The van der Waals surface area contributed by atoms with Crippen LogP contribution in [-0.4, -0.2) is 30.8 Å². The molecule has 1 aliphatic rings. The van der Waals surface area contributed by atoms with Gasteiger partial charge in [0.1, 0.15) is 4.90 Å². The van der Waals surface area contributed by atoms with Gasteiger partial charge in [-0.15, -0.1) is 11.8 Å². The second-order valence-electron chi connectivity index (χ2n) is 5.68. The average molecular weight is 383 g/mol. The van der Waals surface area contributed by atoms with Crippen molar-refractivity contribution in [3.63, 3.8) is 0 Å². The standard InChI is InChI=1S/C17H19ClN2O2S2/c18-16-7-3-2-6-14(16)13-23-17-9-8-15(12-19-17)24(21,22)20-10-4-1-5-11-20/h2-3,6-9,12H,1,4-5,10-11,13H2. The lowest BCUT2D eigenvalue weighted by Gasteiger charge is -2.25. The highest BCUT2D eigenvalue weighted by Gasteiger charge is 2.26. The van der Waals surface area contributed by atoms with E-state index in [4.69, 9.17) is 11.6 Å². The predicted octanol–water partition coefficient (Wildman–Crippen LogP) is 4.20. The Hall–Kier alpha value is -1.08. The quantitative estimate of drug-likeness (QED) is 0.727. The molecule has 0 N–H and O–H groups in total. The number of aromatic nitrogens is 1. The van der Waals surface area contributed by atoms with Crippen LogP contribution in [0.4, 0.5) is 0 Å². The van der Waals surface area contributed by atoms with Gasteiger partial charge in [-0.1, -0.05) is 36.2 Å². The van der Waals surface area contributed by atoms with E-state index in [0.29, 0.717) is 18.8 Å². The van der Waals surface area contributed by atoms with Gasteiger partial charge in [0.25, 0.3) is 0 Å². The summed E-state index contributed by atoms with van der Waals surface area (Å²) in [5.74, 6) is 0.699. The largest absolute Gasteiger partial charge is 0.249 e. The first-order valence-electron chi connectivity index (χ1n) is 7.90. The lowest BCUT2D eigenvalue weighted by Crippen LogP contribution is -2.35. The lowest BCUT2D eigenvalue weighted by atomic mass is 10.2. The highest BCUT2D eigenvalue weighted by molar-refractivity contribution is 7.98. The number of nitrogens with zero attached hydrogens (tertiary/aromatic N) is 2. The van der Waals surface area contributed by atoms with Crippen molar-refractivity contribution in [1.82, 2.24) is 9.29 Å². The van der Waals surface area contributed by atoms with Crippen molar-refractivity contribution in [1.29, 1.82) is 0 Å². The molecule has 2 heterocycles. The molecule has 1 saturated heterocycles. The molecule has 4 nitrogen and oxygen atoms in total. The third-order valence-electron chi connectivity index (χ3n) is 4.00. The SMILES string of the molecule is O=S(=O)(c1ccc(SCc2ccccc2Cl)nc1)N1CCCCC1. The van der Waals surface area contributed by atoms with Gasteiger partial charge in [0, 0.05) is 30.1 Å². The number of benzene rings is 1. The van der Waals surface area contributed by atoms with Crippen molar-refractivity contribution >= 4 is 33.4 Å². The van der Waals surface area contributed by atoms with Crippen LogP contribution in [-0.2, 0) is 15.8 Å². The molecule has 0 radical (unpaired) electrons. The minimum Gasteiger partial charge on any atom is -0.249 e. The second kappa shape index (κ2) is 7.87. The zero-order valence-corrected chi connectivity index (χ0v) is 15.6. The zero-order valence-electron chi connectivity index (χ0n) is 13.2. The highest BCUT2D eigenvalue weighted by Crippen LogP contribution is 2.26. The fourth-order valence-electron chi connectivity index (χ4n) is 2.63. The first kappa shape index (κ1) is 17.7. The molecule has 2 aromatic rings. The molecule has 0 spiro atoms. The van der Waals surface area contributed by atoms with Crippen LogP contribution in [0.3, 0.4) is 0 Å². The van der Waals surface area contributed by atoms with Gasteiger partial charge in [0.05, 0.1) is 5.03 Å².